The SMILES string of the molecule is O=C(COc1cccc(/C=C2\SC(=O)NC2=O)c1)Nc1ccc(Cl)c(Cl)c1. The first-order chi connectivity index (χ1) is 12.9. The number of anilines is 1. The summed E-state index contributed by atoms with van der Waals surface area (Å²) in [5, 5.41) is 5.17. The van der Waals surface area contributed by atoms with Crippen molar-refractivity contribution in [1.29, 1.82) is 0 Å². The molecule has 9 heteroatoms. The van der Waals surface area contributed by atoms with E-state index < -0.39 is 11.1 Å². The number of carbonyl (C=O) groups is 3. The average molecular weight is 423 g/mol. The summed E-state index contributed by atoms with van der Waals surface area (Å²) in [6, 6.07) is 11.6. The molecule has 1 heterocycles. The highest BCUT2D eigenvalue weighted by Crippen LogP contribution is 2.27. The lowest BCUT2D eigenvalue weighted by atomic mass is 10.2. The molecule has 0 radical (unpaired) electrons. The first-order valence-corrected chi connectivity index (χ1v) is 9.20. The predicted octanol–water partition coefficient (Wildman–Crippen LogP) is 4.33. The second kappa shape index (κ2) is 8.47. The van der Waals surface area contributed by atoms with Gasteiger partial charge in [0.05, 0.1) is 15.0 Å². The van der Waals surface area contributed by atoms with Crippen LogP contribution in [0.1, 0.15) is 5.56 Å². The minimum atomic E-state index is -0.433. The number of nitrogens with one attached hydrogen (secondary N) is 2. The zero-order valence-electron chi connectivity index (χ0n) is 13.6. The molecule has 0 saturated carbocycles. The van der Waals surface area contributed by atoms with Crippen molar-refractivity contribution in [1.82, 2.24) is 5.32 Å². The number of halogens is 2. The molecule has 3 rings (SSSR count). The molecule has 0 atom stereocenters. The van der Waals surface area contributed by atoms with Crippen molar-refractivity contribution in [3.63, 3.8) is 0 Å². The molecule has 0 bridgehead atoms. The van der Waals surface area contributed by atoms with Gasteiger partial charge in [0.15, 0.2) is 6.61 Å². The van der Waals surface area contributed by atoms with E-state index in [1.807, 2.05) is 0 Å². The lowest BCUT2D eigenvalue weighted by Gasteiger charge is -2.09. The smallest absolute Gasteiger partial charge is 0.290 e. The molecular weight excluding hydrogens is 411 g/mol. The van der Waals surface area contributed by atoms with Crippen LogP contribution in [0.15, 0.2) is 47.4 Å². The Morgan fingerprint density at radius 2 is 1.96 bits per heavy atom. The van der Waals surface area contributed by atoms with Gasteiger partial charge in [0.25, 0.3) is 17.1 Å². The van der Waals surface area contributed by atoms with Crippen LogP contribution in [0.4, 0.5) is 10.5 Å². The molecular formula is C18H12Cl2N2O4S. The lowest BCUT2D eigenvalue weighted by molar-refractivity contribution is -0.118. The maximum absolute atomic E-state index is 12.0. The fraction of sp³-hybridized carbons (Fsp3) is 0.0556. The molecule has 1 fully saturated rings. The molecule has 0 aromatic heterocycles. The summed E-state index contributed by atoms with van der Waals surface area (Å²) in [5.41, 5.74) is 1.18. The van der Waals surface area contributed by atoms with Crippen molar-refractivity contribution < 1.29 is 19.1 Å². The quantitative estimate of drug-likeness (QED) is 0.700. The van der Waals surface area contributed by atoms with E-state index in [-0.39, 0.29) is 12.5 Å². The Kier molecular flexibility index (Phi) is 6.05. The van der Waals surface area contributed by atoms with Gasteiger partial charge >= 0.3 is 0 Å². The van der Waals surface area contributed by atoms with Crippen LogP contribution < -0.4 is 15.4 Å². The fourth-order valence-electron chi connectivity index (χ4n) is 2.19. The summed E-state index contributed by atoms with van der Waals surface area (Å²) in [6.07, 6.45) is 1.58. The summed E-state index contributed by atoms with van der Waals surface area (Å²) in [6.45, 7) is -0.214. The Morgan fingerprint density at radius 1 is 1.15 bits per heavy atom. The highest BCUT2D eigenvalue weighted by Gasteiger charge is 2.24. The van der Waals surface area contributed by atoms with Gasteiger partial charge in [-0.15, -0.1) is 0 Å². The number of ether oxygens (including phenoxy) is 1. The third-order valence-corrected chi connectivity index (χ3v) is 4.92. The molecule has 6 nitrogen and oxygen atoms in total. The standard InChI is InChI=1S/C18H12Cl2N2O4S/c19-13-5-4-11(8-14(13)20)21-16(23)9-26-12-3-1-2-10(6-12)7-15-17(24)22-18(25)27-15/h1-8H,9H2,(H,21,23)(H,22,24,25)/b15-7-. The van der Waals surface area contributed by atoms with E-state index in [4.69, 9.17) is 27.9 Å². The largest absolute Gasteiger partial charge is 0.484 e. The molecule has 0 spiro atoms. The summed E-state index contributed by atoms with van der Waals surface area (Å²) >= 11 is 12.6. The Labute approximate surface area is 168 Å². The maximum Gasteiger partial charge on any atom is 0.290 e. The number of imide groups is 1. The van der Waals surface area contributed by atoms with Gasteiger partial charge in [0.2, 0.25) is 0 Å². The second-order valence-electron chi connectivity index (χ2n) is 5.39. The number of thioether (sulfide) groups is 1. The predicted molar refractivity (Wildman–Crippen MR) is 106 cm³/mol. The molecule has 1 aliphatic heterocycles. The average Bonchev–Trinajstić information content (AvgIpc) is 2.94. The minimum Gasteiger partial charge on any atom is -0.484 e. The van der Waals surface area contributed by atoms with Gasteiger partial charge in [0.1, 0.15) is 5.75 Å². The van der Waals surface area contributed by atoms with E-state index in [1.165, 1.54) is 0 Å². The topological polar surface area (TPSA) is 84.5 Å². The number of amides is 3. The van der Waals surface area contributed by atoms with Crippen LogP contribution in [0.2, 0.25) is 10.0 Å². The van der Waals surface area contributed by atoms with E-state index in [9.17, 15) is 14.4 Å². The molecule has 138 valence electrons. The van der Waals surface area contributed by atoms with Crippen LogP contribution >= 0.6 is 35.0 Å². The number of benzene rings is 2. The van der Waals surface area contributed by atoms with Crippen molar-refractivity contribution in [3.05, 3.63) is 63.0 Å². The highest BCUT2D eigenvalue weighted by atomic mass is 35.5. The molecule has 3 amide bonds. The summed E-state index contributed by atoms with van der Waals surface area (Å²) in [7, 11) is 0. The van der Waals surface area contributed by atoms with Crippen molar-refractivity contribution >= 4 is 63.8 Å². The Bertz CT molecular complexity index is 962. The zero-order chi connectivity index (χ0) is 19.4. The molecule has 27 heavy (non-hydrogen) atoms. The van der Waals surface area contributed by atoms with Gasteiger partial charge in [-0.05, 0) is 53.7 Å². The normalized spacial score (nSPS) is 15.0. The highest BCUT2D eigenvalue weighted by molar-refractivity contribution is 8.18. The lowest BCUT2D eigenvalue weighted by Crippen LogP contribution is -2.20. The molecule has 1 saturated heterocycles. The third kappa shape index (κ3) is 5.26. The number of hydrogen-bond acceptors (Lipinski definition) is 5. The van der Waals surface area contributed by atoms with Crippen molar-refractivity contribution in [2.24, 2.45) is 0 Å². The molecule has 0 unspecified atom stereocenters. The van der Waals surface area contributed by atoms with Crippen molar-refractivity contribution in [3.8, 4) is 5.75 Å². The van der Waals surface area contributed by atoms with Crippen LogP contribution in [-0.4, -0.2) is 23.7 Å². The fourth-order valence-corrected chi connectivity index (χ4v) is 3.17. The van der Waals surface area contributed by atoms with Crippen LogP contribution in [0, 0.1) is 0 Å². The first kappa shape index (κ1) is 19.3. The summed E-state index contributed by atoms with van der Waals surface area (Å²) in [5.74, 6) is -0.353. The Hall–Kier alpha value is -2.48. The first-order valence-electron chi connectivity index (χ1n) is 7.63. The van der Waals surface area contributed by atoms with Crippen molar-refractivity contribution in [2.75, 3.05) is 11.9 Å². The zero-order valence-corrected chi connectivity index (χ0v) is 16.0. The monoisotopic (exact) mass is 422 g/mol. The van der Waals surface area contributed by atoms with Gasteiger partial charge in [-0.25, -0.2) is 0 Å². The second-order valence-corrected chi connectivity index (χ2v) is 7.22. The van der Waals surface area contributed by atoms with E-state index >= 15 is 0 Å². The van der Waals surface area contributed by atoms with Crippen LogP contribution in [0.3, 0.4) is 0 Å². The maximum atomic E-state index is 12.0. The minimum absolute atomic E-state index is 0.214. The Morgan fingerprint density at radius 3 is 2.67 bits per heavy atom. The summed E-state index contributed by atoms with van der Waals surface area (Å²) < 4.78 is 5.47. The summed E-state index contributed by atoms with van der Waals surface area (Å²) in [4.78, 5) is 35.1. The van der Waals surface area contributed by atoms with Crippen molar-refractivity contribution in [2.45, 2.75) is 0 Å². The number of rotatable bonds is 5. The Balaban J connectivity index is 1.60. The number of carbonyl (C=O) groups excluding carboxylic acids is 3. The van der Waals surface area contributed by atoms with Gasteiger partial charge in [0, 0.05) is 5.69 Å². The van der Waals surface area contributed by atoms with Gasteiger partial charge in [-0.1, -0.05) is 35.3 Å². The van der Waals surface area contributed by atoms with Gasteiger partial charge < -0.3 is 10.1 Å². The molecule has 2 aromatic rings. The number of hydrogen-bond donors (Lipinski definition) is 2. The van der Waals surface area contributed by atoms with Crippen LogP contribution in [0.5, 0.6) is 5.75 Å². The van der Waals surface area contributed by atoms with E-state index in [1.54, 1.807) is 48.5 Å². The molecule has 0 aliphatic carbocycles. The van der Waals surface area contributed by atoms with Gasteiger partial charge in [-0.2, -0.15) is 0 Å². The molecule has 2 N–H and O–H groups in total. The van der Waals surface area contributed by atoms with Crippen LogP contribution in [-0.2, 0) is 9.59 Å². The van der Waals surface area contributed by atoms with E-state index in [0.717, 1.165) is 11.8 Å². The van der Waals surface area contributed by atoms with Crippen LogP contribution in [0.25, 0.3) is 6.08 Å². The van der Waals surface area contributed by atoms with E-state index in [2.05, 4.69) is 10.6 Å². The molecule has 1 aliphatic rings. The molecule has 2 aromatic carbocycles. The van der Waals surface area contributed by atoms with E-state index in [0.29, 0.717) is 32.0 Å². The van der Waals surface area contributed by atoms with Gasteiger partial charge in [-0.3, -0.25) is 19.7 Å². The third-order valence-electron chi connectivity index (χ3n) is 3.37.